The van der Waals surface area contributed by atoms with E-state index < -0.39 is 0 Å². The standard InChI is InChI=1S/C16H16N2O/c1-2-11-17-13-8-4-3-7-12(13)16-18-14-9-5-6-10-15(14)19-16/h3-10,17H,2,11H2,1H3. The van der Waals surface area contributed by atoms with Crippen LogP contribution in [0.25, 0.3) is 22.6 Å². The maximum atomic E-state index is 5.82. The van der Waals surface area contributed by atoms with E-state index in [1.54, 1.807) is 0 Å². The van der Waals surface area contributed by atoms with Crippen LogP contribution in [0.1, 0.15) is 13.3 Å². The zero-order valence-corrected chi connectivity index (χ0v) is 10.9. The fourth-order valence-corrected chi connectivity index (χ4v) is 2.07. The molecular weight excluding hydrogens is 236 g/mol. The maximum Gasteiger partial charge on any atom is 0.229 e. The van der Waals surface area contributed by atoms with Crippen LogP contribution in [0.3, 0.4) is 0 Å². The molecule has 1 N–H and O–H groups in total. The maximum absolute atomic E-state index is 5.82. The summed E-state index contributed by atoms with van der Waals surface area (Å²) in [5, 5.41) is 3.41. The lowest BCUT2D eigenvalue weighted by atomic mass is 10.1. The van der Waals surface area contributed by atoms with Crippen molar-refractivity contribution >= 4 is 16.8 Å². The zero-order valence-electron chi connectivity index (χ0n) is 10.9. The van der Waals surface area contributed by atoms with Crippen molar-refractivity contribution in [2.75, 3.05) is 11.9 Å². The molecule has 0 unspecified atom stereocenters. The molecule has 3 aromatic rings. The molecule has 96 valence electrons. The van der Waals surface area contributed by atoms with Crippen LogP contribution in [0.2, 0.25) is 0 Å². The van der Waals surface area contributed by atoms with Gasteiger partial charge in [-0.15, -0.1) is 0 Å². The van der Waals surface area contributed by atoms with Crippen LogP contribution in [-0.2, 0) is 0 Å². The highest BCUT2D eigenvalue weighted by molar-refractivity contribution is 5.80. The van der Waals surface area contributed by atoms with E-state index in [1.807, 2.05) is 42.5 Å². The number of rotatable bonds is 4. The first kappa shape index (κ1) is 11.8. The van der Waals surface area contributed by atoms with Gasteiger partial charge in [-0.1, -0.05) is 31.2 Å². The summed E-state index contributed by atoms with van der Waals surface area (Å²) in [5.41, 5.74) is 3.79. The lowest BCUT2D eigenvalue weighted by Crippen LogP contribution is -2.01. The smallest absolute Gasteiger partial charge is 0.229 e. The van der Waals surface area contributed by atoms with Crippen LogP contribution in [0.15, 0.2) is 52.9 Å². The van der Waals surface area contributed by atoms with Crippen molar-refractivity contribution in [3.63, 3.8) is 0 Å². The molecule has 0 fully saturated rings. The van der Waals surface area contributed by atoms with Gasteiger partial charge in [0.1, 0.15) is 5.52 Å². The predicted octanol–water partition coefficient (Wildman–Crippen LogP) is 4.32. The molecule has 1 aromatic heterocycles. The molecule has 3 nitrogen and oxygen atoms in total. The summed E-state index contributed by atoms with van der Waals surface area (Å²) in [4.78, 5) is 4.55. The number of benzene rings is 2. The molecule has 3 heteroatoms. The van der Waals surface area contributed by atoms with Crippen molar-refractivity contribution in [2.24, 2.45) is 0 Å². The molecule has 0 aliphatic rings. The summed E-state index contributed by atoms with van der Waals surface area (Å²) in [6.45, 7) is 3.09. The molecule has 0 aliphatic heterocycles. The molecule has 1 heterocycles. The minimum Gasteiger partial charge on any atom is -0.436 e. The van der Waals surface area contributed by atoms with Crippen LogP contribution in [-0.4, -0.2) is 11.5 Å². The van der Waals surface area contributed by atoms with Gasteiger partial charge >= 0.3 is 0 Å². The molecule has 0 saturated heterocycles. The molecule has 0 radical (unpaired) electrons. The topological polar surface area (TPSA) is 38.1 Å². The van der Waals surface area contributed by atoms with Crippen LogP contribution in [0.5, 0.6) is 0 Å². The minimum atomic E-state index is 0.667. The summed E-state index contributed by atoms with van der Waals surface area (Å²) in [6.07, 6.45) is 1.09. The van der Waals surface area contributed by atoms with E-state index in [-0.39, 0.29) is 0 Å². The summed E-state index contributed by atoms with van der Waals surface area (Å²) in [7, 11) is 0. The van der Waals surface area contributed by atoms with Gasteiger partial charge in [-0.2, -0.15) is 0 Å². The highest BCUT2D eigenvalue weighted by Crippen LogP contribution is 2.29. The number of fused-ring (bicyclic) bond motifs is 1. The SMILES string of the molecule is CCCNc1ccccc1-c1nc2ccccc2o1. The van der Waals surface area contributed by atoms with E-state index in [0.717, 1.165) is 35.3 Å². The first-order valence-corrected chi connectivity index (χ1v) is 6.57. The van der Waals surface area contributed by atoms with Crippen LogP contribution in [0.4, 0.5) is 5.69 Å². The monoisotopic (exact) mass is 252 g/mol. The summed E-state index contributed by atoms with van der Waals surface area (Å²) in [5.74, 6) is 0.667. The van der Waals surface area contributed by atoms with Gasteiger partial charge in [-0.3, -0.25) is 0 Å². The Morgan fingerprint density at radius 3 is 2.68 bits per heavy atom. The number of para-hydroxylation sites is 3. The molecule has 0 aliphatic carbocycles. The summed E-state index contributed by atoms with van der Waals surface area (Å²) < 4.78 is 5.82. The Balaban J connectivity index is 2.05. The predicted molar refractivity (Wildman–Crippen MR) is 78.2 cm³/mol. The van der Waals surface area contributed by atoms with Crippen LogP contribution in [0, 0.1) is 0 Å². The van der Waals surface area contributed by atoms with Crippen molar-refractivity contribution in [2.45, 2.75) is 13.3 Å². The summed E-state index contributed by atoms with van der Waals surface area (Å²) >= 11 is 0. The largest absolute Gasteiger partial charge is 0.436 e. The second kappa shape index (κ2) is 5.14. The average molecular weight is 252 g/mol. The van der Waals surface area contributed by atoms with Crippen molar-refractivity contribution in [1.82, 2.24) is 4.98 Å². The van der Waals surface area contributed by atoms with E-state index in [2.05, 4.69) is 23.3 Å². The van der Waals surface area contributed by atoms with E-state index in [4.69, 9.17) is 4.42 Å². The van der Waals surface area contributed by atoms with E-state index >= 15 is 0 Å². The third-order valence-electron chi connectivity index (χ3n) is 3.02. The fourth-order valence-electron chi connectivity index (χ4n) is 2.07. The van der Waals surface area contributed by atoms with Gasteiger partial charge < -0.3 is 9.73 Å². The number of oxazole rings is 1. The molecule has 0 saturated carbocycles. The number of anilines is 1. The minimum absolute atomic E-state index is 0.667. The van der Waals surface area contributed by atoms with E-state index in [1.165, 1.54) is 0 Å². The molecule has 0 atom stereocenters. The zero-order chi connectivity index (χ0) is 13.1. The Labute approximate surface area is 112 Å². The second-order valence-corrected chi connectivity index (χ2v) is 4.46. The van der Waals surface area contributed by atoms with E-state index in [9.17, 15) is 0 Å². The molecule has 19 heavy (non-hydrogen) atoms. The van der Waals surface area contributed by atoms with Crippen molar-refractivity contribution in [1.29, 1.82) is 0 Å². The molecule has 2 aromatic carbocycles. The number of aromatic nitrogens is 1. The van der Waals surface area contributed by atoms with Gasteiger partial charge in [0.25, 0.3) is 0 Å². The highest BCUT2D eigenvalue weighted by atomic mass is 16.3. The lowest BCUT2D eigenvalue weighted by Gasteiger charge is -2.08. The Morgan fingerprint density at radius 1 is 1.05 bits per heavy atom. The molecule has 0 bridgehead atoms. The number of nitrogens with one attached hydrogen (secondary N) is 1. The summed E-state index contributed by atoms with van der Waals surface area (Å²) in [6, 6.07) is 15.9. The van der Waals surface area contributed by atoms with Gasteiger partial charge in [-0.25, -0.2) is 4.98 Å². The van der Waals surface area contributed by atoms with E-state index in [0.29, 0.717) is 5.89 Å². The van der Waals surface area contributed by atoms with Gasteiger partial charge in [0.2, 0.25) is 5.89 Å². The fraction of sp³-hybridized carbons (Fsp3) is 0.188. The lowest BCUT2D eigenvalue weighted by molar-refractivity contribution is 0.620. The van der Waals surface area contributed by atoms with Crippen molar-refractivity contribution < 1.29 is 4.42 Å². The Morgan fingerprint density at radius 2 is 1.84 bits per heavy atom. The Bertz CT molecular complexity index is 655. The molecular formula is C16H16N2O. The normalized spacial score (nSPS) is 10.8. The Kier molecular flexibility index (Phi) is 3.19. The number of nitrogens with zero attached hydrogens (tertiary/aromatic N) is 1. The van der Waals surface area contributed by atoms with Gasteiger partial charge in [0.15, 0.2) is 5.58 Å². The van der Waals surface area contributed by atoms with Crippen LogP contribution >= 0.6 is 0 Å². The van der Waals surface area contributed by atoms with Gasteiger partial charge in [0.05, 0.1) is 5.56 Å². The molecule has 0 amide bonds. The quantitative estimate of drug-likeness (QED) is 0.751. The number of hydrogen-bond acceptors (Lipinski definition) is 3. The first-order valence-electron chi connectivity index (χ1n) is 6.57. The van der Waals surface area contributed by atoms with Crippen molar-refractivity contribution in [3.8, 4) is 11.5 Å². The highest BCUT2D eigenvalue weighted by Gasteiger charge is 2.11. The third-order valence-corrected chi connectivity index (χ3v) is 3.02. The van der Waals surface area contributed by atoms with Gasteiger partial charge in [-0.05, 0) is 30.7 Å². The number of hydrogen-bond donors (Lipinski definition) is 1. The van der Waals surface area contributed by atoms with Crippen molar-refractivity contribution in [3.05, 3.63) is 48.5 Å². The first-order chi connectivity index (χ1) is 9.38. The van der Waals surface area contributed by atoms with Crippen LogP contribution < -0.4 is 5.32 Å². The third kappa shape index (κ3) is 2.32. The average Bonchev–Trinajstić information content (AvgIpc) is 2.89. The molecule has 3 rings (SSSR count). The second-order valence-electron chi connectivity index (χ2n) is 4.46. The Hall–Kier alpha value is -2.29. The van der Waals surface area contributed by atoms with Gasteiger partial charge in [0, 0.05) is 12.2 Å². The molecule has 0 spiro atoms.